The largest absolute Gasteiger partial charge is 0.451 e. The van der Waals surface area contributed by atoms with Gasteiger partial charge in [-0.25, -0.2) is 0 Å². The average molecular weight is 402 g/mol. The summed E-state index contributed by atoms with van der Waals surface area (Å²) >= 11 is 0. The SMILES string of the molecule is CC(=O)O[C@]1(C(C)=O)C[C@@H](C)[C@H]2[C@@H]3C[C@H](C)C4=C/C(=N\O)CC[C@@H]4[C@H]3CC[C@@]21C. The second kappa shape index (κ2) is 6.95. The number of carbonyl (C=O) groups is 2. The Bertz CT molecular complexity index is 786. The van der Waals surface area contributed by atoms with E-state index >= 15 is 0 Å². The monoisotopic (exact) mass is 401 g/mol. The number of hydrogen-bond acceptors (Lipinski definition) is 5. The maximum Gasteiger partial charge on any atom is 0.303 e. The number of rotatable bonds is 2. The summed E-state index contributed by atoms with van der Waals surface area (Å²) in [4.78, 5) is 24.9. The number of fused-ring (bicyclic) bond motifs is 5. The molecule has 4 aliphatic rings. The number of Topliss-reactive ketones (excluding diaryl/α,β-unsaturated/α-hetero) is 1. The molecule has 4 aliphatic carbocycles. The summed E-state index contributed by atoms with van der Waals surface area (Å²) in [6.07, 6.45) is 7.77. The lowest BCUT2D eigenvalue weighted by molar-refractivity contribution is -0.186. The quantitative estimate of drug-likeness (QED) is 0.411. The molecule has 29 heavy (non-hydrogen) atoms. The highest BCUT2D eigenvalue weighted by atomic mass is 16.6. The molecule has 0 unspecified atom stereocenters. The lowest BCUT2D eigenvalue weighted by atomic mass is 9.48. The molecule has 1 N–H and O–H groups in total. The third-order valence-electron chi connectivity index (χ3n) is 9.09. The van der Waals surface area contributed by atoms with Gasteiger partial charge in [-0.1, -0.05) is 31.5 Å². The molecule has 0 aromatic rings. The summed E-state index contributed by atoms with van der Waals surface area (Å²) in [6.45, 7) is 9.81. The smallest absolute Gasteiger partial charge is 0.303 e. The second-order valence-electron chi connectivity index (χ2n) is 10.5. The minimum Gasteiger partial charge on any atom is -0.451 e. The van der Waals surface area contributed by atoms with Gasteiger partial charge in [0.15, 0.2) is 11.4 Å². The van der Waals surface area contributed by atoms with Crippen molar-refractivity contribution in [3.05, 3.63) is 11.6 Å². The van der Waals surface area contributed by atoms with E-state index in [4.69, 9.17) is 4.74 Å². The van der Waals surface area contributed by atoms with E-state index in [0.717, 1.165) is 37.8 Å². The van der Waals surface area contributed by atoms with E-state index in [2.05, 4.69) is 32.0 Å². The van der Waals surface area contributed by atoms with E-state index in [1.54, 1.807) is 6.92 Å². The maximum atomic E-state index is 12.9. The first-order valence-electron chi connectivity index (χ1n) is 11.3. The summed E-state index contributed by atoms with van der Waals surface area (Å²) in [7, 11) is 0. The molecule has 0 spiro atoms. The minimum atomic E-state index is -0.976. The summed E-state index contributed by atoms with van der Waals surface area (Å²) in [5, 5.41) is 12.7. The van der Waals surface area contributed by atoms with E-state index in [-0.39, 0.29) is 17.2 Å². The number of ketones is 1. The Morgan fingerprint density at radius 1 is 1.21 bits per heavy atom. The fourth-order valence-corrected chi connectivity index (χ4v) is 8.20. The van der Waals surface area contributed by atoms with Crippen LogP contribution in [-0.2, 0) is 14.3 Å². The van der Waals surface area contributed by atoms with Crippen LogP contribution in [0.25, 0.3) is 0 Å². The summed E-state index contributed by atoms with van der Waals surface area (Å²) in [5.74, 6) is 2.56. The molecule has 0 amide bonds. The number of allylic oxidation sites excluding steroid dienone is 2. The van der Waals surface area contributed by atoms with Gasteiger partial charge >= 0.3 is 5.97 Å². The molecule has 0 radical (unpaired) electrons. The Morgan fingerprint density at radius 3 is 2.55 bits per heavy atom. The van der Waals surface area contributed by atoms with Crippen LogP contribution in [0.15, 0.2) is 16.8 Å². The predicted octanol–water partition coefficient (Wildman–Crippen LogP) is 4.77. The number of carbonyl (C=O) groups excluding carboxylic acids is 2. The average Bonchev–Trinajstić information content (AvgIpc) is 2.89. The fraction of sp³-hybridized carbons (Fsp3) is 0.792. The first kappa shape index (κ1) is 20.6. The van der Waals surface area contributed by atoms with Crippen molar-refractivity contribution in [1.82, 2.24) is 0 Å². The van der Waals surface area contributed by atoms with Crippen LogP contribution in [-0.4, -0.2) is 28.3 Å². The van der Waals surface area contributed by atoms with Crippen LogP contribution >= 0.6 is 0 Å². The molecule has 0 saturated heterocycles. The van der Waals surface area contributed by atoms with E-state index in [1.807, 2.05) is 0 Å². The van der Waals surface area contributed by atoms with Crippen molar-refractivity contribution in [1.29, 1.82) is 0 Å². The first-order chi connectivity index (χ1) is 13.6. The molecule has 160 valence electrons. The zero-order valence-electron chi connectivity index (χ0n) is 18.4. The van der Waals surface area contributed by atoms with Crippen molar-refractivity contribution >= 4 is 17.5 Å². The van der Waals surface area contributed by atoms with Gasteiger partial charge in [0.05, 0.1) is 5.71 Å². The van der Waals surface area contributed by atoms with Crippen LogP contribution < -0.4 is 0 Å². The third-order valence-corrected chi connectivity index (χ3v) is 9.09. The predicted molar refractivity (Wildman–Crippen MR) is 111 cm³/mol. The molecule has 0 aliphatic heterocycles. The minimum absolute atomic E-state index is 0.00825. The fourth-order valence-electron chi connectivity index (χ4n) is 8.20. The van der Waals surface area contributed by atoms with Crippen LogP contribution in [0.1, 0.15) is 73.1 Å². The molecular weight excluding hydrogens is 366 g/mol. The molecule has 3 fully saturated rings. The second-order valence-corrected chi connectivity index (χ2v) is 10.5. The molecule has 0 aromatic heterocycles. The van der Waals surface area contributed by atoms with Crippen LogP contribution in [0.5, 0.6) is 0 Å². The van der Waals surface area contributed by atoms with E-state index in [1.165, 1.54) is 12.5 Å². The van der Waals surface area contributed by atoms with Gasteiger partial charge in [-0.2, -0.15) is 0 Å². The highest BCUT2D eigenvalue weighted by Crippen LogP contribution is 2.68. The van der Waals surface area contributed by atoms with Crippen molar-refractivity contribution in [2.45, 2.75) is 78.7 Å². The van der Waals surface area contributed by atoms with Crippen molar-refractivity contribution in [2.24, 2.45) is 46.1 Å². The Morgan fingerprint density at radius 2 is 1.93 bits per heavy atom. The first-order valence-corrected chi connectivity index (χ1v) is 11.3. The van der Waals surface area contributed by atoms with Gasteiger partial charge in [0.1, 0.15) is 0 Å². The lowest BCUT2D eigenvalue weighted by Crippen LogP contribution is -2.58. The Labute approximate surface area is 174 Å². The molecule has 5 nitrogen and oxygen atoms in total. The van der Waals surface area contributed by atoms with Crippen molar-refractivity contribution in [2.75, 3.05) is 0 Å². The molecule has 0 aromatic carbocycles. The van der Waals surface area contributed by atoms with Gasteiger partial charge < -0.3 is 9.94 Å². The summed E-state index contributed by atoms with van der Waals surface area (Å²) in [6, 6.07) is 0. The topological polar surface area (TPSA) is 76.0 Å². The zero-order chi connectivity index (χ0) is 21.1. The maximum absolute atomic E-state index is 12.9. The van der Waals surface area contributed by atoms with Crippen LogP contribution in [0, 0.1) is 40.9 Å². The Kier molecular flexibility index (Phi) is 4.94. The third kappa shape index (κ3) is 2.83. The summed E-state index contributed by atoms with van der Waals surface area (Å²) in [5.41, 5.74) is 0.994. The number of nitrogens with zero attached hydrogens (tertiary/aromatic N) is 1. The van der Waals surface area contributed by atoms with E-state index in [9.17, 15) is 14.8 Å². The lowest BCUT2D eigenvalue weighted by Gasteiger charge is -2.57. The molecule has 5 heteroatoms. The summed E-state index contributed by atoms with van der Waals surface area (Å²) < 4.78 is 5.90. The number of esters is 1. The molecule has 4 rings (SSSR count). The van der Waals surface area contributed by atoms with Crippen molar-refractivity contribution in [3.8, 4) is 0 Å². The number of hydrogen-bond donors (Lipinski definition) is 1. The Balaban J connectivity index is 1.73. The number of ether oxygens (including phenoxy) is 1. The Hall–Kier alpha value is -1.65. The highest BCUT2D eigenvalue weighted by Gasteiger charge is 2.69. The van der Waals surface area contributed by atoms with Crippen LogP contribution in [0.2, 0.25) is 0 Å². The van der Waals surface area contributed by atoms with Gasteiger partial charge in [-0.05, 0) is 87.0 Å². The van der Waals surface area contributed by atoms with Gasteiger partial charge in [0.2, 0.25) is 0 Å². The normalized spacial score (nSPS) is 47.6. The van der Waals surface area contributed by atoms with Crippen LogP contribution in [0.3, 0.4) is 0 Å². The van der Waals surface area contributed by atoms with Crippen LogP contribution in [0.4, 0.5) is 0 Å². The zero-order valence-corrected chi connectivity index (χ0v) is 18.4. The number of oxime groups is 1. The van der Waals surface area contributed by atoms with Crippen molar-refractivity contribution in [3.63, 3.8) is 0 Å². The van der Waals surface area contributed by atoms with E-state index in [0.29, 0.717) is 41.9 Å². The van der Waals surface area contributed by atoms with Gasteiger partial charge in [-0.15, -0.1) is 0 Å². The van der Waals surface area contributed by atoms with Gasteiger partial charge in [0.25, 0.3) is 0 Å². The van der Waals surface area contributed by atoms with Gasteiger partial charge in [0, 0.05) is 12.3 Å². The molecule has 8 atom stereocenters. The van der Waals surface area contributed by atoms with Gasteiger partial charge in [-0.3, -0.25) is 9.59 Å². The molecule has 0 bridgehead atoms. The molecule has 0 heterocycles. The molecular formula is C24H35NO4. The van der Waals surface area contributed by atoms with Crippen molar-refractivity contribution < 1.29 is 19.5 Å². The standard InChI is InChI=1S/C24H35NO4/c1-13-10-21-19(18-7-6-17(25-28)11-20(13)18)8-9-23(5)22(21)14(2)12-24(23,15(3)26)29-16(4)27/h11,13-14,18-19,21-22,28H,6-10,12H2,1-5H3/b25-17-/t13-,14+,18+,19+,21+,22-,23-,24-/m0/s1. The van der Waals surface area contributed by atoms with E-state index < -0.39 is 5.60 Å². The molecule has 3 saturated carbocycles. The highest BCUT2D eigenvalue weighted by molar-refractivity contribution is 5.96.